The van der Waals surface area contributed by atoms with Crippen molar-refractivity contribution in [2.45, 2.75) is 76.7 Å². The van der Waals surface area contributed by atoms with Crippen LogP contribution in [0.2, 0.25) is 0 Å². The lowest BCUT2D eigenvalue weighted by Gasteiger charge is -2.21. The normalized spacial score (nSPS) is 14.0. The number of aryl methyl sites for hydroxylation is 1. The highest BCUT2D eigenvalue weighted by atomic mass is 32.2. The predicted molar refractivity (Wildman–Crippen MR) is 128 cm³/mol. The number of benzene rings is 1. The standard InChI is InChI=1S/C22H31F2N3O4S2/c1-11(2)15-9-14(31-20(23)24)10-16(12(3)4)18(15)26-21(28)27-33(25,30)17-8-13(5)19(32-17)22(6,7)29/h8-12,20,29H,1-7H3,(H3,25,26,27,28,30)/t33-/m0/s1. The number of aliphatic hydroxyl groups is 1. The molecule has 0 unspecified atom stereocenters. The molecule has 0 aliphatic heterocycles. The zero-order valence-corrected chi connectivity index (χ0v) is 21.4. The van der Waals surface area contributed by atoms with Gasteiger partial charge in [0.05, 0.1) is 5.60 Å². The van der Waals surface area contributed by atoms with Gasteiger partial charge in [-0.05, 0) is 67.5 Å². The van der Waals surface area contributed by atoms with Crippen LogP contribution in [0.3, 0.4) is 0 Å². The van der Waals surface area contributed by atoms with E-state index in [2.05, 4.69) is 14.4 Å². The van der Waals surface area contributed by atoms with E-state index < -0.39 is 28.2 Å². The lowest BCUT2D eigenvalue weighted by atomic mass is 9.92. The van der Waals surface area contributed by atoms with Gasteiger partial charge in [0.15, 0.2) is 9.92 Å². The Hall–Kier alpha value is -2.08. The fourth-order valence-electron chi connectivity index (χ4n) is 3.39. The smallest absolute Gasteiger partial charge is 0.387 e. The van der Waals surface area contributed by atoms with Gasteiger partial charge in [-0.25, -0.2) is 14.1 Å². The van der Waals surface area contributed by atoms with Crippen molar-refractivity contribution < 1.29 is 27.6 Å². The number of hydrogen-bond acceptors (Lipinski definition) is 5. The number of anilines is 1. The Labute approximate surface area is 197 Å². The third-order valence-corrected chi connectivity index (χ3v) is 8.27. The number of carbonyl (C=O) groups is 1. The first-order valence-corrected chi connectivity index (χ1v) is 12.7. The van der Waals surface area contributed by atoms with Crippen LogP contribution in [0, 0.1) is 6.92 Å². The average molecular weight is 504 g/mol. The van der Waals surface area contributed by atoms with Crippen molar-refractivity contribution >= 4 is 33.0 Å². The van der Waals surface area contributed by atoms with E-state index in [1.807, 2.05) is 27.7 Å². The molecule has 0 aliphatic rings. The number of alkyl halides is 2. The molecule has 0 saturated heterocycles. The monoisotopic (exact) mass is 503 g/mol. The number of amides is 2. The Morgan fingerprint density at radius 3 is 2.09 bits per heavy atom. The van der Waals surface area contributed by atoms with E-state index in [1.54, 1.807) is 26.8 Å². The number of rotatable bonds is 7. The van der Waals surface area contributed by atoms with Crippen LogP contribution in [0.1, 0.15) is 74.9 Å². The summed E-state index contributed by atoms with van der Waals surface area (Å²) in [5.74, 6) is -0.297. The number of nitrogens with zero attached hydrogens (tertiary/aromatic N) is 1. The van der Waals surface area contributed by atoms with Crippen LogP contribution < -0.4 is 15.2 Å². The molecule has 11 heteroatoms. The first-order chi connectivity index (χ1) is 15.0. The molecule has 2 rings (SSSR count). The molecule has 0 fully saturated rings. The Morgan fingerprint density at radius 1 is 1.18 bits per heavy atom. The molecule has 1 aromatic heterocycles. The van der Waals surface area contributed by atoms with E-state index in [0.29, 0.717) is 27.3 Å². The third kappa shape index (κ3) is 6.72. The molecular weight excluding hydrogens is 472 g/mol. The quantitative estimate of drug-likeness (QED) is 0.426. The molecule has 0 bridgehead atoms. The van der Waals surface area contributed by atoms with Gasteiger partial charge in [-0.15, -0.1) is 15.7 Å². The average Bonchev–Trinajstić information content (AvgIpc) is 3.04. The van der Waals surface area contributed by atoms with Crippen molar-refractivity contribution in [2.75, 3.05) is 5.32 Å². The third-order valence-electron chi connectivity index (χ3n) is 4.83. The molecule has 2 aromatic rings. The van der Waals surface area contributed by atoms with Crippen molar-refractivity contribution in [1.29, 1.82) is 0 Å². The maximum Gasteiger partial charge on any atom is 0.387 e. The Morgan fingerprint density at radius 2 is 1.70 bits per heavy atom. The minimum atomic E-state index is -3.59. The Balaban J connectivity index is 2.51. The number of urea groups is 1. The molecule has 4 N–H and O–H groups in total. The van der Waals surface area contributed by atoms with Gasteiger partial charge in [-0.2, -0.15) is 8.78 Å². The number of thiophene rings is 1. The highest BCUT2D eigenvalue weighted by molar-refractivity contribution is 7.93. The molecule has 0 aliphatic carbocycles. The van der Waals surface area contributed by atoms with Crippen LogP contribution in [-0.2, 0) is 15.5 Å². The summed E-state index contributed by atoms with van der Waals surface area (Å²) in [6, 6.07) is 3.50. The van der Waals surface area contributed by atoms with Gasteiger partial charge in [0, 0.05) is 10.6 Å². The van der Waals surface area contributed by atoms with E-state index in [1.165, 1.54) is 12.1 Å². The maximum absolute atomic E-state index is 13.1. The molecule has 1 heterocycles. The van der Waals surface area contributed by atoms with Gasteiger partial charge < -0.3 is 15.2 Å². The summed E-state index contributed by atoms with van der Waals surface area (Å²) >= 11 is 1.03. The van der Waals surface area contributed by atoms with Gasteiger partial charge in [-0.3, -0.25) is 0 Å². The molecule has 0 saturated carbocycles. The summed E-state index contributed by atoms with van der Waals surface area (Å²) in [6.45, 7) is 9.34. The van der Waals surface area contributed by atoms with E-state index >= 15 is 0 Å². The molecule has 33 heavy (non-hydrogen) atoms. The van der Waals surface area contributed by atoms with Gasteiger partial charge in [0.25, 0.3) is 0 Å². The van der Waals surface area contributed by atoms with Crippen LogP contribution in [0.25, 0.3) is 0 Å². The summed E-state index contributed by atoms with van der Waals surface area (Å²) in [4.78, 5) is 13.3. The van der Waals surface area contributed by atoms with E-state index in [-0.39, 0.29) is 21.8 Å². The van der Waals surface area contributed by atoms with Crippen molar-refractivity contribution in [3.05, 3.63) is 39.8 Å². The number of ether oxygens (including phenoxy) is 1. The molecule has 7 nitrogen and oxygen atoms in total. The van der Waals surface area contributed by atoms with Crippen LogP contribution in [0.5, 0.6) is 5.75 Å². The largest absolute Gasteiger partial charge is 0.435 e. The summed E-state index contributed by atoms with van der Waals surface area (Å²) < 4.78 is 47.1. The molecule has 1 atom stereocenters. The lowest BCUT2D eigenvalue weighted by molar-refractivity contribution is -0.0499. The van der Waals surface area contributed by atoms with Gasteiger partial charge in [0.2, 0.25) is 0 Å². The minimum Gasteiger partial charge on any atom is -0.435 e. The first kappa shape index (κ1) is 27.2. The SMILES string of the molecule is Cc1cc([S@@](N)(=O)=NC(=O)Nc2c(C(C)C)cc(OC(F)F)cc2C(C)C)sc1C(C)(C)O. The van der Waals surface area contributed by atoms with E-state index in [0.717, 1.165) is 11.3 Å². The molecule has 0 radical (unpaired) electrons. The van der Waals surface area contributed by atoms with Crippen molar-refractivity contribution in [1.82, 2.24) is 0 Å². The topological polar surface area (TPSA) is 114 Å². The summed E-state index contributed by atoms with van der Waals surface area (Å²) in [6.07, 6.45) is 0. The van der Waals surface area contributed by atoms with Gasteiger partial charge in [0.1, 0.15) is 9.96 Å². The number of nitrogens with one attached hydrogen (secondary N) is 1. The fourth-order valence-corrected chi connectivity index (χ4v) is 5.86. The fraction of sp³-hybridized carbons (Fsp3) is 0.500. The van der Waals surface area contributed by atoms with Crippen molar-refractivity contribution in [3.8, 4) is 5.75 Å². The molecular formula is C22H31F2N3O4S2. The minimum absolute atomic E-state index is 0.0110. The number of halogens is 2. The zero-order chi connectivity index (χ0) is 25.3. The van der Waals surface area contributed by atoms with Crippen LogP contribution in [-0.4, -0.2) is 22.0 Å². The maximum atomic E-state index is 13.1. The summed E-state index contributed by atoms with van der Waals surface area (Å²) in [7, 11) is -3.59. The van der Waals surface area contributed by atoms with Crippen LogP contribution >= 0.6 is 11.3 Å². The van der Waals surface area contributed by atoms with Crippen LogP contribution in [0.15, 0.2) is 26.8 Å². The van der Waals surface area contributed by atoms with E-state index in [9.17, 15) is 22.9 Å². The van der Waals surface area contributed by atoms with Crippen molar-refractivity contribution in [2.24, 2.45) is 9.50 Å². The predicted octanol–water partition coefficient (Wildman–Crippen LogP) is 6.06. The van der Waals surface area contributed by atoms with Gasteiger partial charge >= 0.3 is 12.6 Å². The summed E-state index contributed by atoms with van der Waals surface area (Å²) in [5, 5.41) is 18.8. The second kappa shape index (κ2) is 10.0. The second-order valence-corrected chi connectivity index (χ2v) is 12.0. The van der Waals surface area contributed by atoms with E-state index in [4.69, 9.17) is 5.14 Å². The number of carbonyl (C=O) groups excluding carboxylic acids is 1. The Bertz CT molecular complexity index is 1120. The number of hydrogen-bond donors (Lipinski definition) is 3. The number of nitrogens with two attached hydrogens (primary N) is 1. The van der Waals surface area contributed by atoms with Crippen LogP contribution in [0.4, 0.5) is 19.3 Å². The summed E-state index contributed by atoms with van der Waals surface area (Å²) in [5.41, 5.74) is 1.06. The first-order valence-electron chi connectivity index (χ1n) is 10.3. The Kier molecular flexibility index (Phi) is 8.27. The molecule has 1 aromatic carbocycles. The highest BCUT2D eigenvalue weighted by Crippen LogP contribution is 2.38. The molecule has 184 valence electrons. The lowest BCUT2D eigenvalue weighted by Crippen LogP contribution is -2.18. The zero-order valence-electron chi connectivity index (χ0n) is 19.7. The highest BCUT2D eigenvalue weighted by Gasteiger charge is 2.25. The molecule has 0 spiro atoms. The van der Waals surface area contributed by atoms with Crippen molar-refractivity contribution in [3.63, 3.8) is 0 Å². The molecule has 2 amide bonds. The van der Waals surface area contributed by atoms with Gasteiger partial charge in [-0.1, -0.05) is 27.7 Å². The second-order valence-electron chi connectivity index (χ2n) is 8.89.